The van der Waals surface area contributed by atoms with Crippen LogP contribution in [-0.2, 0) is 16.0 Å². The summed E-state index contributed by atoms with van der Waals surface area (Å²) in [7, 11) is 0. The second kappa shape index (κ2) is 8.75. The van der Waals surface area contributed by atoms with Gasteiger partial charge in [-0.05, 0) is 43.9 Å². The van der Waals surface area contributed by atoms with Gasteiger partial charge in [0.25, 0.3) is 5.91 Å². The van der Waals surface area contributed by atoms with Gasteiger partial charge in [-0.3, -0.25) is 14.5 Å². The molecule has 0 aliphatic carbocycles. The van der Waals surface area contributed by atoms with Crippen LogP contribution in [0.25, 0.3) is 0 Å². The van der Waals surface area contributed by atoms with Gasteiger partial charge in [-0.1, -0.05) is 49.4 Å². The molecule has 2 aromatic carbocycles. The molecule has 2 aliphatic heterocycles. The van der Waals surface area contributed by atoms with Crippen LogP contribution in [0.3, 0.4) is 0 Å². The number of carbonyl (C=O) groups excluding carboxylic acids is 3. The van der Waals surface area contributed by atoms with E-state index < -0.39 is 11.6 Å². The summed E-state index contributed by atoms with van der Waals surface area (Å²) in [5.41, 5.74) is 0.947. The normalized spacial score (nSPS) is 23.4. The number of nitrogens with zero attached hydrogens (tertiary/aromatic N) is 2. The Hall–Kier alpha value is -2.80. The van der Waals surface area contributed by atoms with Gasteiger partial charge in [0.15, 0.2) is 0 Å². The van der Waals surface area contributed by atoms with Crippen LogP contribution in [0.4, 0.5) is 10.5 Å². The fourth-order valence-corrected chi connectivity index (χ4v) is 5.18. The number of nitrogens with one attached hydrogen (secondary N) is 1. The van der Waals surface area contributed by atoms with E-state index in [1.807, 2.05) is 54.6 Å². The van der Waals surface area contributed by atoms with Crippen LogP contribution in [0.5, 0.6) is 0 Å². The number of para-hydroxylation sites is 1. The Morgan fingerprint density at radius 3 is 2.61 bits per heavy atom. The summed E-state index contributed by atoms with van der Waals surface area (Å²) < 4.78 is 0. The summed E-state index contributed by atoms with van der Waals surface area (Å²) in [5.74, 6) is -0.578. The predicted octanol–water partition coefficient (Wildman–Crippen LogP) is 3.85. The highest BCUT2D eigenvalue weighted by molar-refractivity contribution is 8.00. The van der Waals surface area contributed by atoms with E-state index in [4.69, 9.17) is 0 Å². The number of carbonyl (C=O) groups is 3. The maximum atomic E-state index is 13.2. The molecule has 0 unspecified atom stereocenters. The maximum absolute atomic E-state index is 13.2. The molecule has 4 amide bonds. The minimum absolute atomic E-state index is 0.238. The number of imide groups is 1. The third kappa shape index (κ3) is 4.46. The molecule has 2 heterocycles. The lowest BCUT2D eigenvalue weighted by atomic mass is 9.93. The zero-order chi connectivity index (χ0) is 22.0. The maximum Gasteiger partial charge on any atom is 0.325 e. The lowest BCUT2D eigenvalue weighted by molar-refractivity contribution is -0.134. The fourth-order valence-electron chi connectivity index (χ4n) is 4.07. The second-order valence-corrected chi connectivity index (χ2v) is 9.85. The molecular weight excluding hydrogens is 410 g/mol. The molecular formula is C24H27N3O3S. The number of rotatable bonds is 5. The van der Waals surface area contributed by atoms with Gasteiger partial charge in [0.05, 0.1) is 5.69 Å². The summed E-state index contributed by atoms with van der Waals surface area (Å²) >= 11 is 1.75. The molecule has 2 atom stereocenters. The minimum Gasteiger partial charge on any atom is -0.323 e. The molecule has 162 valence electrons. The molecule has 4 rings (SSSR count). The van der Waals surface area contributed by atoms with Crippen LogP contribution in [0.2, 0.25) is 0 Å². The van der Waals surface area contributed by atoms with Crippen LogP contribution in [0.1, 0.15) is 32.3 Å². The molecule has 0 saturated carbocycles. The Kier molecular flexibility index (Phi) is 6.05. The third-order valence-electron chi connectivity index (χ3n) is 5.94. The predicted molar refractivity (Wildman–Crippen MR) is 122 cm³/mol. The van der Waals surface area contributed by atoms with E-state index in [-0.39, 0.29) is 18.4 Å². The Balaban J connectivity index is 1.47. The molecule has 0 aromatic heterocycles. The summed E-state index contributed by atoms with van der Waals surface area (Å²) in [6.07, 6.45) is 1.99. The molecule has 2 aliphatic rings. The van der Waals surface area contributed by atoms with Crippen LogP contribution >= 0.6 is 11.8 Å². The number of hydrogen-bond donors (Lipinski definition) is 1. The van der Waals surface area contributed by atoms with Crippen molar-refractivity contribution >= 4 is 35.3 Å². The fraction of sp³-hybridized carbons (Fsp3) is 0.375. The first-order valence-corrected chi connectivity index (χ1v) is 11.5. The summed E-state index contributed by atoms with van der Waals surface area (Å²) in [5, 5.41) is 3.20. The van der Waals surface area contributed by atoms with Crippen LogP contribution < -0.4 is 10.2 Å². The average Bonchev–Trinajstić information content (AvgIpc) is 2.89. The Morgan fingerprint density at radius 2 is 1.84 bits per heavy atom. The Morgan fingerprint density at radius 1 is 1.13 bits per heavy atom. The largest absolute Gasteiger partial charge is 0.325 e. The van der Waals surface area contributed by atoms with Gasteiger partial charge in [0, 0.05) is 16.7 Å². The number of hydrogen-bond acceptors (Lipinski definition) is 4. The average molecular weight is 438 g/mol. The summed E-state index contributed by atoms with van der Waals surface area (Å²) in [6.45, 7) is 4.20. The van der Waals surface area contributed by atoms with Gasteiger partial charge in [0.1, 0.15) is 12.1 Å². The molecule has 6 nitrogen and oxygen atoms in total. The number of urea groups is 1. The van der Waals surface area contributed by atoms with E-state index in [0.717, 1.165) is 27.5 Å². The molecule has 1 saturated heterocycles. The Bertz CT molecular complexity index is 997. The van der Waals surface area contributed by atoms with Crippen LogP contribution in [-0.4, -0.2) is 46.6 Å². The zero-order valence-corrected chi connectivity index (χ0v) is 18.7. The van der Waals surface area contributed by atoms with E-state index >= 15 is 0 Å². The summed E-state index contributed by atoms with van der Waals surface area (Å²) in [4.78, 5) is 42.8. The van der Waals surface area contributed by atoms with Crippen molar-refractivity contribution in [3.63, 3.8) is 0 Å². The third-order valence-corrected chi connectivity index (χ3v) is 7.18. The van der Waals surface area contributed by atoms with Crippen molar-refractivity contribution in [2.45, 2.75) is 48.8 Å². The van der Waals surface area contributed by atoms with Crippen molar-refractivity contribution in [1.82, 2.24) is 10.2 Å². The quantitative estimate of drug-likeness (QED) is 0.722. The van der Waals surface area contributed by atoms with Crippen molar-refractivity contribution < 1.29 is 14.4 Å². The molecule has 0 spiro atoms. The van der Waals surface area contributed by atoms with E-state index in [1.165, 1.54) is 0 Å². The first kappa shape index (κ1) is 21.4. The van der Waals surface area contributed by atoms with Crippen molar-refractivity contribution in [3.05, 3.63) is 60.2 Å². The molecule has 1 N–H and O–H groups in total. The molecule has 0 bridgehead atoms. The van der Waals surface area contributed by atoms with Crippen molar-refractivity contribution in [2.75, 3.05) is 18.0 Å². The monoisotopic (exact) mass is 437 g/mol. The number of fused-ring (bicyclic) bond motifs is 1. The molecule has 1 fully saturated rings. The summed E-state index contributed by atoms with van der Waals surface area (Å²) in [6, 6.07) is 17.2. The molecule has 31 heavy (non-hydrogen) atoms. The number of aryl methyl sites for hydroxylation is 1. The standard InChI is InChI=1S/C24H27N3O3S/c1-17-13-15-26(19-10-6-7-11-20(19)31-17)21(28)16-27-22(29)24(2,25-23(27)30)14-12-18-8-4-3-5-9-18/h3-11,17H,12-16H2,1-2H3,(H,25,30)/t17-,24+/m0/s1. The van der Waals surface area contributed by atoms with Gasteiger partial charge in [-0.2, -0.15) is 0 Å². The highest BCUT2D eigenvalue weighted by atomic mass is 32.2. The lowest BCUT2D eigenvalue weighted by Gasteiger charge is -2.25. The number of thioether (sulfide) groups is 1. The molecule has 2 aromatic rings. The number of amides is 4. The van der Waals surface area contributed by atoms with Crippen molar-refractivity contribution in [3.8, 4) is 0 Å². The van der Waals surface area contributed by atoms with E-state index in [1.54, 1.807) is 23.6 Å². The first-order valence-electron chi connectivity index (χ1n) is 10.6. The van der Waals surface area contributed by atoms with Gasteiger partial charge < -0.3 is 10.2 Å². The van der Waals surface area contributed by atoms with Crippen LogP contribution in [0.15, 0.2) is 59.5 Å². The van der Waals surface area contributed by atoms with Gasteiger partial charge in [-0.25, -0.2) is 4.79 Å². The molecule has 0 radical (unpaired) electrons. The van der Waals surface area contributed by atoms with Gasteiger partial charge in [-0.15, -0.1) is 11.8 Å². The SMILES string of the molecule is C[C@H]1CCN(C(=O)CN2C(=O)N[C@](C)(CCc3ccccc3)C2=O)c2ccccc2S1. The smallest absolute Gasteiger partial charge is 0.323 e. The number of anilines is 1. The second-order valence-electron chi connectivity index (χ2n) is 8.37. The van der Waals surface area contributed by atoms with E-state index in [9.17, 15) is 14.4 Å². The van der Waals surface area contributed by atoms with Gasteiger partial charge in [0.2, 0.25) is 5.91 Å². The van der Waals surface area contributed by atoms with Gasteiger partial charge >= 0.3 is 6.03 Å². The highest BCUT2D eigenvalue weighted by Crippen LogP contribution is 2.37. The lowest BCUT2D eigenvalue weighted by Crippen LogP contribution is -2.46. The highest BCUT2D eigenvalue weighted by Gasteiger charge is 2.48. The number of benzene rings is 2. The zero-order valence-electron chi connectivity index (χ0n) is 17.8. The van der Waals surface area contributed by atoms with E-state index in [2.05, 4.69) is 12.2 Å². The van der Waals surface area contributed by atoms with Crippen LogP contribution in [0, 0.1) is 0 Å². The topological polar surface area (TPSA) is 69.7 Å². The van der Waals surface area contributed by atoms with Crippen molar-refractivity contribution in [2.24, 2.45) is 0 Å². The minimum atomic E-state index is -1.01. The molecule has 7 heteroatoms. The Labute approximate surface area is 187 Å². The van der Waals surface area contributed by atoms with E-state index in [0.29, 0.717) is 24.6 Å². The van der Waals surface area contributed by atoms with Crippen molar-refractivity contribution in [1.29, 1.82) is 0 Å². The first-order chi connectivity index (χ1) is 14.9.